The maximum Gasteiger partial charge on any atom is 0.307 e. The minimum Gasteiger partial charge on any atom is -0.496 e. The Hall–Kier alpha value is -1.58. The second kappa shape index (κ2) is 4.73. The van der Waals surface area contributed by atoms with Crippen molar-refractivity contribution in [3.8, 4) is 5.75 Å². The van der Waals surface area contributed by atoms with Crippen molar-refractivity contribution in [2.24, 2.45) is 0 Å². The van der Waals surface area contributed by atoms with Gasteiger partial charge in [-0.3, -0.25) is 4.79 Å². The largest absolute Gasteiger partial charge is 0.496 e. The van der Waals surface area contributed by atoms with Gasteiger partial charge in [0.1, 0.15) is 11.6 Å². The van der Waals surface area contributed by atoms with Crippen molar-refractivity contribution in [1.29, 1.82) is 0 Å². The van der Waals surface area contributed by atoms with Gasteiger partial charge < -0.3 is 9.84 Å². The van der Waals surface area contributed by atoms with Crippen molar-refractivity contribution in [2.45, 2.75) is 32.6 Å². The monoisotopic (exact) mass is 240 g/mol. The molecule has 0 bridgehead atoms. The summed E-state index contributed by atoms with van der Waals surface area (Å²) < 4.78 is 18.9. The number of benzene rings is 1. The minimum atomic E-state index is -1.06. The standard InChI is InChI=1S/C13H17FO3/c1-13(2,3)9-7-10(14)8(6-12(15)16)5-11(9)17-4/h5,7H,6H2,1-4H3,(H,15,16). The van der Waals surface area contributed by atoms with Gasteiger partial charge in [0, 0.05) is 11.1 Å². The Bertz CT molecular complexity index is 433. The number of ether oxygens (including phenoxy) is 1. The second-order valence-corrected chi connectivity index (χ2v) is 4.96. The molecule has 0 fully saturated rings. The molecule has 0 amide bonds. The first kappa shape index (κ1) is 13.5. The van der Waals surface area contributed by atoms with Crippen molar-refractivity contribution < 1.29 is 19.0 Å². The maximum absolute atomic E-state index is 13.7. The number of halogens is 1. The maximum atomic E-state index is 13.7. The Morgan fingerprint density at radius 3 is 2.41 bits per heavy atom. The molecule has 17 heavy (non-hydrogen) atoms. The lowest BCUT2D eigenvalue weighted by Crippen LogP contribution is -2.14. The predicted octanol–water partition coefficient (Wildman–Crippen LogP) is 2.76. The summed E-state index contributed by atoms with van der Waals surface area (Å²) in [5, 5.41) is 8.68. The van der Waals surface area contributed by atoms with Crippen LogP contribution in [0.3, 0.4) is 0 Å². The van der Waals surface area contributed by atoms with Crippen LogP contribution in [0, 0.1) is 5.82 Å². The van der Waals surface area contributed by atoms with Gasteiger partial charge in [-0.05, 0) is 17.5 Å². The number of hydrogen-bond donors (Lipinski definition) is 1. The molecule has 0 aliphatic rings. The van der Waals surface area contributed by atoms with Crippen molar-refractivity contribution in [2.75, 3.05) is 7.11 Å². The first-order valence-corrected chi connectivity index (χ1v) is 5.34. The van der Waals surface area contributed by atoms with E-state index in [0.29, 0.717) is 5.75 Å². The second-order valence-electron chi connectivity index (χ2n) is 4.96. The van der Waals surface area contributed by atoms with E-state index in [-0.39, 0.29) is 17.4 Å². The quantitative estimate of drug-likeness (QED) is 0.883. The van der Waals surface area contributed by atoms with Gasteiger partial charge in [0.15, 0.2) is 0 Å². The van der Waals surface area contributed by atoms with E-state index >= 15 is 0 Å². The van der Waals surface area contributed by atoms with Gasteiger partial charge in [-0.2, -0.15) is 0 Å². The zero-order valence-electron chi connectivity index (χ0n) is 10.5. The molecule has 0 spiro atoms. The van der Waals surface area contributed by atoms with Crippen molar-refractivity contribution in [3.63, 3.8) is 0 Å². The highest BCUT2D eigenvalue weighted by atomic mass is 19.1. The summed E-state index contributed by atoms with van der Waals surface area (Å²) in [7, 11) is 1.49. The third-order valence-corrected chi connectivity index (χ3v) is 2.52. The normalized spacial score (nSPS) is 11.4. The minimum absolute atomic E-state index is 0.141. The molecule has 0 atom stereocenters. The number of carboxylic acid groups (broad SMARTS) is 1. The van der Waals surface area contributed by atoms with Crippen molar-refractivity contribution in [1.82, 2.24) is 0 Å². The molecule has 4 heteroatoms. The van der Waals surface area contributed by atoms with Gasteiger partial charge in [-0.1, -0.05) is 20.8 Å². The molecule has 0 radical (unpaired) electrons. The molecule has 94 valence electrons. The number of hydrogen-bond acceptors (Lipinski definition) is 2. The van der Waals surface area contributed by atoms with Gasteiger partial charge in [-0.15, -0.1) is 0 Å². The lowest BCUT2D eigenvalue weighted by Gasteiger charge is -2.22. The number of methoxy groups -OCH3 is 1. The van der Waals surface area contributed by atoms with Crippen LogP contribution in [0.15, 0.2) is 12.1 Å². The molecule has 3 nitrogen and oxygen atoms in total. The van der Waals surface area contributed by atoms with Gasteiger partial charge in [0.25, 0.3) is 0 Å². The van der Waals surface area contributed by atoms with Crippen LogP contribution in [0.2, 0.25) is 0 Å². The van der Waals surface area contributed by atoms with Crippen molar-refractivity contribution >= 4 is 5.97 Å². The van der Waals surface area contributed by atoms with Gasteiger partial charge in [0.2, 0.25) is 0 Å². The van der Waals surface area contributed by atoms with Crippen LogP contribution in [0.4, 0.5) is 4.39 Å². The van der Waals surface area contributed by atoms with Gasteiger partial charge in [0.05, 0.1) is 13.5 Å². The molecule has 1 N–H and O–H groups in total. The first-order chi connectivity index (χ1) is 7.75. The fraction of sp³-hybridized carbons (Fsp3) is 0.462. The first-order valence-electron chi connectivity index (χ1n) is 5.34. The van der Waals surface area contributed by atoms with Crippen molar-refractivity contribution in [3.05, 3.63) is 29.1 Å². The highest BCUT2D eigenvalue weighted by Gasteiger charge is 2.22. The Labute approximate surface area is 100 Å². The van der Waals surface area contributed by atoms with Crippen LogP contribution >= 0.6 is 0 Å². The number of aliphatic carboxylic acids is 1. The third-order valence-electron chi connectivity index (χ3n) is 2.52. The predicted molar refractivity (Wildman–Crippen MR) is 63.0 cm³/mol. The summed E-state index contributed by atoms with van der Waals surface area (Å²) in [5.41, 5.74) is 0.613. The Morgan fingerprint density at radius 2 is 2.00 bits per heavy atom. The Balaban J connectivity index is 3.29. The van der Waals surface area contributed by atoms with E-state index < -0.39 is 11.8 Å². The van der Waals surface area contributed by atoms with E-state index in [1.54, 1.807) is 0 Å². The summed E-state index contributed by atoms with van der Waals surface area (Å²) in [6.07, 6.45) is -0.341. The number of carbonyl (C=O) groups is 1. The summed E-state index contributed by atoms with van der Waals surface area (Å²) in [5.74, 6) is -1.04. The van der Waals surface area contributed by atoms with E-state index in [9.17, 15) is 9.18 Å². The smallest absolute Gasteiger partial charge is 0.307 e. The van der Waals surface area contributed by atoms with E-state index in [4.69, 9.17) is 9.84 Å². The fourth-order valence-electron chi connectivity index (χ4n) is 1.65. The molecular formula is C13H17FO3. The Kier molecular flexibility index (Phi) is 3.76. The van der Waals surface area contributed by atoms with Crippen LogP contribution in [0.25, 0.3) is 0 Å². The average molecular weight is 240 g/mol. The van der Waals surface area contributed by atoms with E-state index in [1.165, 1.54) is 19.2 Å². The molecule has 0 aliphatic carbocycles. The molecule has 0 aromatic heterocycles. The highest BCUT2D eigenvalue weighted by Crippen LogP contribution is 2.33. The lowest BCUT2D eigenvalue weighted by molar-refractivity contribution is -0.136. The highest BCUT2D eigenvalue weighted by molar-refractivity contribution is 5.70. The van der Waals surface area contributed by atoms with Gasteiger partial charge in [-0.25, -0.2) is 4.39 Å². The average Bonchev–Trinajstić information content (AvgIpc) is 2.18. The summed E-state index contributed by atoms with van der Waals surface area (Å²) >= 11 is 0. The van der Waals surface area contributed by atoms with E-state index in [1.807, 2.05) is 20.8 Å². The zero-order valence-corrected chi connectivity index (χ0v) is 10.5. The Morgan fingerprint density at radius 1 is 1.41 bits per heavy atom. The number of carboxylic acids is 1. The fourth-order valence-corrected chi connectivity index (χ4v) is 1.65. The van der Waals surface area contributed by atoms with E-state index in [2.05, 4.69) is 0 Å². The molecular weight excluding hydrogens is 223 g/mol. The van der Waals surface area contributed by atoms with Crippen LogP contribution in [-0.2, 0) is 16.6 Å². The van der Waals surface area contributed by atoms with Crippen LogP contribution in [-0.4, -0.2) is 18.2 Å². The molecule has 0 saturated heterocycles. The zero-order chi connectivity index (χ0) is 13.2. The third kappa shape index (κ3) is 3.19. The van der Waals surface area contributed by atoms with Crippen LogP contribution in [0.1, 0.15) is 31.9 Å². The molecule has 0 saturated carbocycles. The molecule has 1 rings (SSSR count). The van der Waals surface area contributed by atoms with Gasteiger partial charge >= 0.3 is 5.97 Å². The van der Waals surface area contributed by atoms with Crippen LogP contribution < -0.4 is 4.74 Å². The van der Waals surface area contributed by atoms with E-state index in [0.717, 1.165) is 5.56 Å². The summed E-state index contributed by atoms with van der Waals surface area (Å²) in [6.45, 7) is 5.84. The summed E-state index contributed by atoms with van der Waals surface area (Å²) in [4.78, 5) is 10.6. The molecule has 1 aromatic rings. The lowest BCUT2D eigenvalue weighted by atomic mass is 9.85. The molecule has 0 aliphatic heterocycles. The topological polar surface area (TPSA) is 46.5 Å². The van der Waals surface area contributed by atoms with Crippen LogP contribution in [0.5, 0.6) is 5.75 Å². The SMILES string of the molecule is COc1cc(CC(=O)O)c(F)cc1C(C)(C)C. The molecule has 0 unspecified atom stereocenters. The molecule has 1 aromatic carbocycles. The summed E-state index contributed by atoms with van der Waals surface area (Å²) in [6, 6.07) is 2.82. The number of rotatable bonds is 3. The molecule has 0 heterocycles.